The van der Waals surface area contributed by atoms with Crippen molar-refractivity contribution in [2.45, 2.75) is 18.6 Å². The van der Waals surface area contributed by atoms with Gasteiger partial charge in [0.05, 0.1) is 23.7 Å². The Morgan fingerprint density at radius 3 is 2.88 bits per heavy atom. The second-order valence-corrected chi connectivity index (χ2v) is 5.93. The highest BCUT2D eigenvalue weighted by Gasteiger charge is 2.31. The Labute approximate surface area is 149 Å². The van der Waals surface area contributed by atoms with E-state index in [9.17, 15) is 19.1 Å². The first-order valence-corrected chi connectivity index (χ1v) is 8.05. The molecule has 1 aromatic rings. The molecular formula is C15H20ClFN4O4. The second kappa shape index (κ2) is 8.84. The number of amides is 3. The van der Waals surface area contributed by atoms with Crippen LogP contribution in [-0.4, -0.2) is 60.8 Å². The number of nitrogens with zero attached hydrogens (tertiary/aromatic N) is 1. The molecule has 0 bridgehead atoms. The van der Waals surface area contributed by atoms with Crippen molar-refractivity contribution >= 4 is 23.5 Å². The molecule has 2 rings (SSSR count). The van der Waals surface area contributed by atoms with Gasteiger partial charge < -0.3 is 20.1 Å². The Morgan fingerprint density at radius 2 is 2.24 bits per heavy atom. The molecule has 3 amide bonds. The molecule has 10 heteroatoms. The first-order valence-electron chi connectivity index (χ1n) is 7.67. The third-order valence-electron chi connectivity index (χ3n) is 3.71. The maximum atomic E-state index is 13.3. The predicted molar refractivity (Wildman–Crippen MR) is 88.6 cm³/mol. The standard InChI is InChI=1S/C15H20ClFN4O4/c1-18-20-15(24)21-5-4-12(13(22)7-21)19-14(23)8-25-9-2-3-10(16)11(17)6-9/h2-3,6,12-13,18,22H,4-5,7-8H2,1H3,(H,19,23)(H,20,24)/t12-,13-/m1/s1. The third kappa shape index (κ3) is 5.45. The number of benzene rings is 1. The van der Waals surface area contributed by atoms with Crippen LogP contribution in [0.25, 0.3) is 0 Å². The van der Waals surface area contributed by atoms with Crippen molar-refractivity contribution in [1.82, 2.24) is 21.1 Å². The Balaban J connectivity index is 1.79. The minimum atomic E-state index is -0.895. The number of piperidine rings is 1. The lowest BCUT2D eigenvalue weighted by Crippen LogP contribution is -2.58. The summed E-state index contributed by atoms with van der Waals surface area (Å²) in [5.74, 6) is -0.911. The Bertz CT molecular complexity index is 634. The largest absolute Gasteiger partial charge is 0.484 e. The third-order valence-corrected chi connectivity index (χ3v) is 4.01. The molecule has 1 aliphatic heterocycles. The van der Waals surface area contributed by atoms with Gasteiger partial charge in [-0.25, -0.2) is 14.6 Å². The van der Waals surface area contributed by atoms with Crippen LogP contribution in [0, 0.1) is 5.82 Å². The van der Waals surface area contributed by atoms with Crippen LogP contribution in [0.3, 0.4) is 0 Å². The quantitative estimate of drug-likeness (QED) is 0.553. The zero-order valence-corrected chi connectivity index (χ0v) is 14.3. The number of carbonyl (C=O) groups is 2. The van der Waals surface area contributed by atoms with Crippen molar-refractivity contribution < 1.29 is 23.8 Å². The molecule has 0 unspecified atom stereocenters. The fourth-order valence-corrected chi connectivity index (χ4v) is 2.55. The summed E-state index contributed by atoms with van der Waals surface area (Å²) < 4.78 is 18.5. The van der Waals surface area contributed by atoms with Gasteiger partial charge in [-0.05, 0) is 18.6 Å². The number of carbonyl (C=O) groups excluding carboxylic acids is 2. The van der Waals surface area contributed by atoms with Crippen LogP contribution < -0.4 is 20.9 Å². The molecule has 25 heavy (non-hydrogen) atoms. The zero-order chi connectivity index (χ0) is 18.4. The highest BCUT2D eigenvalue weighted by atomic mass is 35.5. The fraction of sp³-hybridized carbons (Fsp3) is 0.467. The van der Waals surface area contributed by atoms with Gasteiger partial charge in [-0.3, -0.25) is 10.2 Å². The van der Waals surface area contributed by atoms with Crippen LogP contribution in [0.5, 0.6) is 5.75 Å². The number of hydrogen-bond acceptors (Lipinski definition) is 5. The molecule has 0 radical (unpaired) electrons. The van der Waals surface area contributed by atoms with Gasteiger partial charge in [-0.15, -0.1) is 0 Å². The number of halogens is 2. The van der Waals surface area contributed by atoms with Crippen LogP contribution >= 0.6 is 11.6 Å². The maximum absolute atomic E-state index is 13.3. The number of likely N-dealkylation sites (tertiary alicyclic amines) is 1. The Morgan fingerprint density at radius 1 is 1.48 bits per heavy atom. The summed E-state index contributed by atoms with van der Waals surface area (Å²) in [6.07, 6.45) is -0.493. The van der Waals surface area contributed by atoms with Gasteiger partial charge in [0.1, 0.15) is 11.6 Å². The Kier molecular flexibility index (Phi) is 6.80. The van der Waals surface area contributed by atoms with Gasteiger partial charge in [0.2, 0.25) is 0 Å². The van der Waals surface area contributed by atoms with E-state index in [4.69, 9.17) is 16.3 Å². The van der Waals surface area contributed by atoms with Crippen LogP contribution in [0.1, 0.15) is 6.42 Å². The van der Waals surface area contributed by atoms with Gasteiger partial charge in [0.15, 0.2) is 6.61 Å². The monoisotopic (exact) mass is 374 g/mol. The number of hydrazine groups is 1. The van der Waals surface area contributed by atoms with Gasteiger partial charge in [-0.2, -0.15) is 0 Å². The summed E-state index contributed by atoms with van der Waals surface area (Å²) in [6.45, 7) is 0.161. The molecule has 1 aliphatic rings. The summed E-state index contributed by atoms with van der Waals surface area (Å²) in [5.41, 5.74) is 4.94. The normalized spacial score (nSPS) is 20.1. The summed E-state index contributed by atoms with van der Waals surface area (Å²) >= 11 is 5.57. The van der Waals surface area contributed by atoms with E-state index in [1.807, 2.05) is 0 Å². The van der Waals surface area contributed by atoms with Crippen LogP contribution in [0.4, 0.5) is 9.18 Å². The van der Waals surface area contributed by atoms with Gasteiger partial charge in [-0.1, -0.05) is 11.6 Å². The lowest BCUT2D eigenvalue weighted by Gasteiger charge is -2.36. The number of rotatable bonds is 5. The van der Waals surface area contributed by atoms with E-state index >= 15 is 0 Å². The smallest absolute Gasteiger partial charge is 0.331 e. The first-order chi connectivity index (χ1) is 11.9. The van der Waals surface area contributed by atoms with E-state index in [0.29, 0.717) is 13.0 Å². The second-order valence-electron chi connectivity index (χ2n) is 5.52. The van der Waals surface area contributed by atoms with Gasteiger partial charge in [0.25, 0.3) is 5.91 Å². The molecule has 0 aliphatic carbocycles. The van der Waals surface area contributed by atoms with E-state index in [-0.39, 0.29) is 30.0 Å². The summed E-state index contributed by atoms with van der Waals surface area (Å²) in [5, 5.41) is 12.7. The van der Waals surface area contributed by atoms with Crippen molar-refractivity contribution in [2.75, 3.05) is 26.7 Å². The average molecular weight is 375 g/mol. The fourth-order valence-electron chi connectivity index (χ4n) is 2.43. The molecule has 1 heterocycles. The minimum absolute atomic E-state index is 0.0333. The molecule has 0 saturated carbocycles. The molecule has 2 atom stereocenters. The van der Waals surface area contributed by atoms with Gasteiger partial charge >= 0.3 is 6.03 Å². The highest BCUT2D eigenvalue weighted by Crippen LogP contribution is 2.20. The van der Waals surface area contributed by atoms with E-state index in [2.05, 4.69) is 16.2 Å². The van der Waals surface area contributed by atoms with E-state index < -0.39 is 23.9 Å². The number of ether oxygens (including phenoxy) is 1. The molecule has 1 saturated heterocycles. The summed E-state index contributed by atoms with van der Waals surface area (Å²) in [6, 6.07) is 3.03. The SMILES string of the molecule is CNNC(=O)N1CC[C@@H](NC(=O)COc2ccc(Cl)c(F)c2)[C@H](O)C1. The highest BCUT2D eigenvalue weighted by molar-refractivity contribution is 6.30. The van der Waals surface area contributed by atoms with E-state index in [0.717, 1.165) is 6.07 Å². The van der Waals surface area contributed by atoms with Crippen molar-refractivity contribution in [3.05, 3.63) is 29.0 Å². The maximum Gasteiger partial charge on any atom is 0.331 e. The lowest BCUT2D eigenvalue weighted by molar-refractivity contribution is -0.125. The minimum Gasteiger partial charge on any atom is -0.484 e. The first kappa shape index (κ1) is 19.2. The molecule has 0 aromatic heterocycles. The van der Waals surface area contributed by atoms with Crippen LogP contribution in [0.15, 0.2) is 18.2 Å². The topological polar surface area (TPSA) is 103 Å². The van der Waals surface area contributed by atoms with Crippen LogP contribution in [0.2, 0.25) is 5.02 Å². The molecule has 138 valence electrons. The number of urea groups is 1. The zero-order valence-electron chi connectivity index (χ0n) is 13.6. The van der Waals surface area contributed by atoms with Gasteiger partial charge in [0, 0.05) is 19.7 Å². The van der Waals surface area contributed by atoms with E-state index in [1.54, 1.807) is 7.05 Å². The van der Waals surface area contributed by atoms with Crippen LogP contribution in [-0.2, 0) is 4.79 Å². The summed E-state index contributed by atoms with van der Waals surface area (Å²) in [4.78, 5) is 25.0. The summed E-state index contributed by atoms with van der Waals surface area (Å²) in [7, 11) is 1.56. The van der Waals surface area contributed by atoms with Crippen molar-refractivity contribution in [3.8, 4) is 5.75 Å². The van der Waals surface area contributed by atoms with Crippen molar-refractivity contribution in [2.24, 2.45) is 0 Å². The van der Waals surface area contributed by atoms with Crippen molar-refractivity contribution in [1.29, 1.82) is 0 Å². The number of nitrogens with one attached hydrogen (secondary N) is 3. The molecule has 8 nitrogen and oxygen atoms in total. The molecule has 1 aromatic carbocycles. The molecule has 0 spiro atoms. The number of aliphatic hydroxyl groups excluding tert-OH is 1. The number of β-amino-alcohol motifs (C(OH)–C–C–N with tert-alkyl or cyclic N) is 1. The lowest BCUT2D eigenvalue weighted by atomic mass is 10.0. The number of hydrogen-bond donors (Lipinski definition) is 4. The van der Waals surface area contributed by atoms with Crippen molar-refractivity contribution in [3.63, 3.8) is 0 Å². The molecule has 4 N–H and O–H groups in total. The molecule has 1 fully saturated rings. The molecular weight excluding hydrogens is 355 g/mol. The predicted octanol–water partition coefficient (Wildman–Crippen LogP) is 0.253. The average Bonchev–Trinajstić information content (AvgIpc) is 2.58. The van der Waals surface area contributed by atoms with E-state index in [1.165, 1.54) is 17.0 Å². The number of aliphatic hydroxyl groups is 1. The Hall–Kier alpha value is -2.10.